The molecule has 0 aromatic carbocycles. The predicted molar refractivity (Wildman–Crippen MR) is 90.5 cm³/mol. The molecule has 0 radical (unpaired) electrons. The van der Waals surface area contributed by atoms with Crippen LogP contribution >= 0.6 is 0 Å². The molecule has 0 aromatic rings. The molecule has 1 unspecified atom stereocenters. The Morgan fingerprint density at radius 2 is 1.82 bits per heavy atom. The number of ketones is 1. The van der Waals surface area contributed by atoms with Crippen LogP contribution in [-0.2, 0) is 4.79 Å². The standard InChI is InChI=1S/C21H34O/c1-4-14-9-11-17-16-10-8-15-6-5-7-19(22)21(15,3)18(16)12-13-20(14,17)2/h14-18H,4-13H2,1-3H3/t14-,15?,16-,17-,18-,20+,21-/m0/s1. The molecule has 124 valence electrons. The van der Waals surface area contributed by atoms with Crippen LogP contribution in [0.5, 0.6) is 0 Å². The first-order valence-electron chi connectivity index (χ1n) is 10.0. The van der Waals surface area contributed by atoms with Crippen molar-refractivity contribution in [2.75, 3.05) is 0 Å². The van der Waals surface area contributed by atoms with Gasteiger partial charge < -0.3 is 0 Å². The number of carbonyl (C=O) groups is 1. The van der Waals surface area contributed by atoms with E-state index >= 15 is 0 Å². The van der Waals surface area contributed by atoms with E-state index in [2.05, 4.69) is 20.8 Å². The molecule has 0 heterocycles. The molecule has 0 amide bonds. The molecule has 4 rings (SSSR count). The molecule has 0 aliphatic heterocycles. The van der Waals surface area contributed by atoms with Crippen molar-refractivity contribution in [3.63, 3.8) is 0 Å². The SMILES string of the molecule is CC[C@H]1CC[C@H]2[C@@H]3CCC4CCCC(=O)[C@]4(C)[C@H]3CC[C@]12C. The molecule has 0 aromatic heterocycles. The third-order valence-electron chi connectivity index (χ3n) is 9.15. The zero-order chi connectivity index (χ0) is 15.5. The summed E-state index contributed by atoms with van der Waals surface area (Å²) < 4.78 is 0. The van der Waals surface area contributed by atoms with Crippen molar-refractivity contribution in [1.29, 1.82) is 0 Å². The van der Waals surface area contributed by atoms with Gasteiger partial charge >= 0.3 is 0 Å². The Hall–Kier alpha value is -0.330. The fourth-order valence-corrected chi connectivity index (χ4v) is 7.87. The van der Waals surface area contributed by atoms with Crippen LogP contribution in [0.3, 0.4) is 0 Å². The fraction of sp³-hybridized carbons (Fsp3) is 0.952. The molecule has 0 bridgehead atoms. The van der Waals surface area contributed by atoms with Crippen LogP contribution in [0.25, 0.3) is 0 Å². The van der Waals surface area contributed by atoms with Crippen molar-refractivity contribution < 1.29 is 4.79 Å². The van der Waals surface area contributed by atoms with E-state index in [9.17, 15) is 4.79 Å². The van der Waals surface area contributed by atoms with Crippen molar-refractivity contribution >= 4 is 5.78 Å². The molecule has 1 heteroatoms. The third kappa shape index (κ3) is 1.80. The Bertz CT molecular complexity index is 469. The van der Waals surface area contributed by atoms with E-state index in [0.717, 1.165) is 30.6 Å². The highest BCUT2D eigenvalue weighted by atomic mass is 16.1. The second kappa shape index (κ2) is 5.08. The van der Waals surface area contributed by atoms with E-state index < -0.39 is 0 Å². The van der Waals surface area contributed by atoms with Gasteiger partial charge in [0.15, 0.2) is 0 Å². The van der Waals surface area contributed by atoms with Crippen LogP contribution < -0.4 is 0 Å². The molecule has 0 spiro atoms. The highest BCUT2D eigenvalue weighted by Gasteiger charge is 2.61. The zero-order valence-corrected chi connectivity index (χ0v) is 14.9. The summed E-state index contributed by atoms with van der Waals surface area (Å²) in [7, 11) is 0. The maximum atomic E-state index is 12.9. The minimum atomic E-state index is 0.0484. The highest BCUT2D eigenvalue weighted by molar-refractivity contribution is 5.86. The molecule has 4 fully saturated rings. The lowest BCUT2D eigenvalue weighted by Crippen LogP contribution is -2.56. The van der Waals surface area contributed by atoms with Crippen molar-refractivity contribution in [3.05, 3.63) is 0 Å². The maximum Gasteiger partial charge on any atom is 0.139 e. The van der Waals surface area contributed by atoms with E-state index in [1.807, 2.05) is 0 Å². The minimum absolute atomic E-state index is 0.0484. The first-order valence-corrected chi connectivity index (χ1v) is 10.0. The molecule has 4 saturated carbocycles. The molecule has 1 nitrogen and oxygen atoms in total. The topological polar surface area (TPSA) is 17.1 Å². The monoisotopic (exact) mass is 302 g/mol. The van der Waals surface area contributed by atoms with E-state index in [1.54, 1.807) is 0 Å². The average Bonchev–Trinajstić information content (AvgIpc) is 2.85. The lowest BCUT2D eigenvalue weighted by Gasteiger charge is -2.59. The van der Waals surface area contributed by atoms with Gasteiger partial charge in [-0.25, -0.2) is 0 Å². The Morgan fingerprint density at radius 3 is 2.59 bits per heavy atom. The van der Waals surface area contributed by atoms with Gasteiger partial charge in [-0.1, -0.05) is 27.2 Å². The van der Waals surface area contributed by atoms with Gasteiger partial charge in [-0.2, -0.15) is 0 Å². The third-order valence-corrected chi connectivity index (χ3v) is 9.15. The van der Waals surface area contributed by atoms with Crippen molar-refractivity contribution in [3.8, 4) is 0 Å². The molecule has 4 aliphatic carbocycles. The summed E-state index contributed by atoms with van der Waals surface area (Å²) in [6.45, 7) is 7.38. The highest BCUT2D eigenvalue weighted by Crippen LogP contribution is 2.67. The Labute approximate surface area is 136 Å². The molecule has 0 N–H and O–H groups in total. The largest absolute Gasteiger partial charge is 0.299 e. The quantitative estimate of drug-likeness (QED) is 0.614. The molecule has 4 aliphatic rings. The van der Waals surface area contributed by atoms with Crippen LogP contribution in [0.15, 0.2) is 0 Å². The zero-order valence-electron chi connectivity index (χ0n) is 14.9. The van der Waals surface area contributed by atoms with Crippen LogP contribution in [-0.4, -0.2) is 5.78 Å². The van der Waals surface area contributed by atoms with Crippen LogP contribution in [0.4, 0.5) is 0 Å². The lowest BCUT2D eigenvalue weighted by atomic mass is 9.44. The van der Waals surface area contributed by atoms with Crippen molar-refractivity contribution in [2.45, 2.75) is 85.0 Å². The Kier molecular flexibility index (Phi) is 3.51. The summed E-state index contributed by atoms with van der Waals surface area (Å²) in [5.74, 6) is 4.79. The second-order valence-corrected chi connectivity index (χ2v) is 9.48. The summed E-state index contributed by atoms with van der Waals surface area (Å²) in [5.41, 5.74) is 0.642. The van der Waals surface area contributed by atoms with Gasteiger partial charge in [0.2, 0.25) is 0 Å². The van der Waals surface area contributed by atoms with E-state index in [4.69, 9.17) is 0 Å². The van der Waals surface area contributed by atoms with Gasteiger partial charge in [0.05, 0.1) is 0 Å². The number of fused-ring (bicyclic) bond motifs is 5. The summed E-state index contributed by atoms with van der Waals surface area (Å²) >= 11 is 0. The number of Topliss-reactive ketones (excluding diaryl/α,β-unsaturated/α-hetero) is 1. The number of hydrogen-bond donors (Lipinski definition) is 0. The maximum absolute atomic E-state index is 12.9. The van der Waals surface area contributed by atoms with Gasteiger partial charge in [-0.05, 0) is 86.4 Å². The summed E-state index contributed by atoms with van der Waals surface area (Å²) in [6, 6.07) is 0. The minimum Gasteiger partial charge on any atom is -0.299 e. The van der Waals surface area contributed by atoms with Crippen molar-refractivity contribution in [2.24, 2.45) is 40.4 Å². The number of rotatable bonds is 1. The summed E-state index contributed by atoms with van der Waals surface area (Å²) in [4.78, 5) is 12.9. The van der Waals surface area contributed by atoms with Crippen molar-refractivity contribution in [1.82, 2.24) is 0 Å². The Balaban J connectivity index is 1.66. The van der Waals surface area contributed by atoms with Gasteiger partial charge in [0.1, 0.15) is 5.78 Å². The molecule has 22 heavy (non-hydrogen) atoms. The van der Waals surface area contributed by atoms with Gasteiger partial charge in [0, 0.05) is 11.8 Å². The number of hydrogen-bond acceptors (Lipinski definition) is 1. The molecular formula is C21H34O. The van der Waals surface area contributed by atoms with Crippen LogP contribution in [0, 0.1) is 40.4 Å². The fourth-order valence-electron chi connectivity index (χ4n) is 7.87. The normalized spacial score (nSPS) is 54.5. The molecule has 7 atom stereocenters. The predicted octanol–water partition coefficient (Wildman–Crippen LogP) is 5.62. The first-order chi connectivity index (χ1) is 10.5. The van der Waals surface area contributed by atoms with Gasteiger partial charge in [-0.3, -0.25) is 4.79 Å². The summed E-state index contributed by atoms with van der Waals surface area (Å²) in [6.07, 6.45) is 13.1. The van der Waals surface area contributed by atoms with Gasteiger partial charge in [-0.15, -0.1) is 0 Å². The molecular weight excluding hydrogens is 268 g/mol. The van der Waals surface area contributed by atoms with E-state index in [-0.39, 0.29) is 5.41 Å². The smallest absolute Gasteiger partial charge is 0.139 e. The molecule has 0 saturated heterocycles. The van der Waals surface area contributed by atoms with Crippen LogP contribution in [0.2, 0.25) is 0 Å². The summed E-state index contributed by atoms with van der Waals surface area (Å²) in [5, 5.41) is 0. The van der Waals surface area contributed by atoms with E-state index in [1.165, 1.54) is 51.4 Å². The van der Waals surface area contributed by atoms with Gasteiger partial charge in [0.25, 0.3) is 0 Å². The second-order valence-electron chi connectivity index (χ2n) is 9.48. The van der Waals surface area contributed by atoms with Crippen LogP contribution in [0.1, 0.15) is 85.0 Å². The average molecular weight is 303 g/mol. The Morgan fingerprint density at radius 1 is 1.00 bits per heavy atom. The first kappa shape index (κ1) is 15.2. The lowest BCUT2D eigenvalue weighted by molar-refractivity contribution is -0.155. The van der Waals surface area contributed by atoms with E-state index in [0.29, 0.717) is 23.0 Å². The number of carbonyl (C=O) groups excluding carboxylic acids is 1.